The van der Waals surface area contributed by atoms with E-state index in [1.807, 2.05) is 19.1 Å². The first kappa shape index (κ1) is 14.1. The molecule has 1 aromatic heterocycles. The zero-order valence-corrected chi connectivity index (χ0v) is 12.0. The molecule has 0 unspecified atom stereocenters. The lowest BCUT2D eigenvalue weighted by Crippen LogP contribution is -2.42. The number of carbonyl (C=O) groups is 1. The monoisotopic (exact) mass is 264 g/mol. The van der Waals surface area contributed by atoms with Crippen LogP contribution in [0.1, 0.15) is 57.1 Å². The minimum atomic E-state index is 0.0795. The van der Waals surface area contributed by atoms with Crippen LogP contribution >= 0.6 is 0 Å². The van der Waals surface area contributed by atoms with Crippen LogP contribution in [0.15, 0.2) is 16.5 Å². The van der Waals surface area contributed by atoms with E-state index in [-0.39, 0.29) is 11.9 Å². The Labute approximate surface area is 114 Å². The van der Waals surface area contributed by atoms with Crippen molar-refractivity contribution in [2.45, 2.75) is 64.6 Å². The van der Waals surface area contributed by atoms with Crippen LogP contribution in [0.25, 0.3) is 0 Å². The molecule has 1 aromatic rings. The minimum Gasteiger partial charge on any atom is -0.465 e. The Bertz CT molecular complexity index is 420. The predicted octanol–water partition coefficient (Wildman–Crippen LogP) is 2.69. The second kappa shape index (κ2) is 6.24. The highest BCUT2D eigenvalue weighted by molar-refractivity contribution is 5.73. The number of amides is 1. The third-order valence-corrected chi connectivity index (χ3v) is 3.81. The smallest absolute Gasteiger partial charge is 0.217 e. The molecule has 2 rings (SSSR count). The molecule has 1 fully saturated rings. The van der Waals surface area contributed by atoms with Crippen molar-refractivity contribution in [3.8, 4) is 0 Å². The van der Waals surface area contributed by atoms with E-state index >= 15 is 0 Å². The molecule has 1 amide bonds. The molecule has 19 heavy (non-hydrogen) atoms. The summed E-state index contributed by atoms with van der Waals surface area (Å²) in [4.78, 5) is 11.0. The summed E-state index contributed by atoms with van der Waals surface area (Å²) in [5.74, 6) is 2.04. The Morgan fingerprint density at radius 1 is 1.26 bits per heavy atom. The van der Waals surface area contributed by atoms with Gasteiger partial charge in [-0.1, -0.05) is 0 Å². The molecule has 1 heterocycles. The van der Waals surface area contributed by atoms with E-state index in [0.29, 0.717) is 12.1 Å². The van der Waals surface area contributed by atoms with E-state index < -0.39 is 0 Å². The first-order chi connectivity index (χ1) is 9.04. The van der Waals surface area contributed by atoms with Crippen LogP contribution in [0.4, 0.5) is 0 Å². The molecule has 4 nitrogen and oxygen atoms in total. The van der Waals surface area contributed by atoms with E-state index in [1.165, 1.54) is 0 Å². The van der Waals surface area contributed by atoms with Gasteiger partial charge in [0.05, 0.1) is 6.04 Å². The van der Waals surface area contributed by atoms with Gasteiger partial charge in [-0.05, 0) is 51.7 Å². The number of nitrogens with one attached hydrogen (secondary N) is 2. The van der Waals surface area contributed by atoms with Gasteiger partial charge >= 0.3 is 0 Å². The first-order valence-electron chi connectivity index (χ1n) is 7.14. The van der Waals surface area contributed by atoms with E-state index in [9.17, 15) is 4.79 Å². The van der Waals surface area contributed by atoms with Crippen molar-refractivity contribution in [1.29, 1.82) is 0 Å². The summed E-state index contributed by atoms with van der Waals surface area (Å²) in [6.45, 7) is 5.69. The fourth-order valence-corrected chi connectivity index (χ4v) is 2.81. The summed E-state index contributed by atoms with van der Waals surface area (Å²) in [6, 6.07) is 5.16. The summed E-state index contributed by atoms with van der Waals surface area (Å²) in [6.07, 6.45) is 4.33. The molecule has 106 valence electrons. The average Bonchev–Trinajstić information content (AvgIpc) is 2.78. The average molecular weight is 264 g/mol. The Morgan fingerprint density at radius 3 is 2.42 bits per heavy atom. The maximum Gasteiger partial charge on any atom is 0.217 e. The maximum atomic E-state index is 11.0. The highest BCUT2D eigenvalue weighted by Crippen LogP contribution is 2.23. The molecule has 0 aliphatic heterocycles. The molecule has 4 heteroatoms. The van der Waals surface area contributed by atoms with Crippen molar-refractivity contribution in [2.75, 3.05) is 0 Å². The highest BCUT2D eigenvalue weighted by atomic mass is 16.3. The molecule has 0 radical (unpaired) electrons. The zero-order chi connectivity index (χ0) is 13.8. The molecular formula is C15H24N2O2. The van der Waals surface area contributed by atoms with Crippen LogP contribution < -0.4 is 10.6 Å². The van der Waals surface area contributed by atoms with Crippen molar-refractivity contribution in [1.82, 2.24) is 10.6 Å². The third-order valence-electron chi connectivity index (χ3n) is 3.81. The molecule has 0 saturated heterocycles. The van der Waals surface area contributed by atoms with Crippen LogP contribution in [0.5, 0.6) is 0 Å². The summed E-state index contributed by atoms with van der Waals surface area (Å²) < 4.78 is 5.64. The summed E-state index contributed by atoms with van der Waals surface area (Å²) in [5, 5.41) is 6.62. The summed E-state index contributed by atoms with van der Waals surface area (Å²) >= 11 is 0. The molecule has 1 aliphatic rings. The van der Waals surface area contributed by atoms with Gasteiger partial charge in [0.2, 0.25) is 5.91 Å². The number of rotatable bonds is 4. The summed E-state index contributed by atoms with van der Waals surface area (Å²) in [5.41, 5.74) is 0. The molecule has 1 saturated carbocycles. The van der Waals surface area contributed by atoms with E-state index in [2.05, 4.69) is 17.6 Å². The van der Waals surface area contributed by atoms with Crippen LogP contribution in [0, 0.1) is 6.92 Å². The van der Waals surface area contributed by atoms with E-state index in [0.717, 1.165) is 37.2 Å². The topological polar surface area (TPSA) is 54.3 Å². The van der Waals surface area contributed by atoms with Crippen molar-refractivity contribution in [3.05, 3.63) is 23.7 Å². The fraction of sp³-hybridized carbons (Fsp3) is 0.667. The van der Waals surface area contributed by atoms with Gasteiger partial charge in [0.15, 0.2) is 0 Å². The summed E-state index contributed by atoms with van der Waals surface area (Å²) in [7, 11) is 0. The van der Waals surface area contributed by atoms with Gasteiger partial charge in [0, 0.05) is 19.0 Å². The Hall–Kier alpha value is -1.29. The molecule has 1 atom stereocenters. The van der Waals surface area contributed by atoms with Gasteiger partial charge in [-0.2, -0.15) is 0 Å². The predicted molar refractivity (Wildman–Crippen MR) is 74.9 cm³/mol. The van der Waals surface area contributed by atoms with E-state index in [1.54, 1.807) is 6.92 Å². The Morgan fingerprint density at radius 2 is 1.89 bits per heavy atom. The molecule has 0 aromatic carbocycles. The Balaban J connectivity index is 1.77. The van der Waals surface area contributed by atoms with Gasteiger partial charge in [-0.25, -0.2) is 0 Å². The number of furan rings is 1. The number of hydrogen-bond donors (Lipinski definition) is 2. The Kier molecular flexibility index (Phi) is 4.64. The standard InChI is InChI=1S/C15H24N2O2/c1-10-4-9-15(19-10)11(2)16-13-5-7-14(8-6-13)17-12(3)18/h4,9,11,13-14,16H,5-8H2,1-3H3,(H,17,18)/t11-,13?,14?/m1/s1. The second-order valence-corrected chi connectivity index (χ2v) is 5.59. The third kappa shape index (κ3) is 4.10. The van der Waals surface area contributed by atoms with Crippen LogP contribution in [-0.4, -0.2) is 18.0 Å². The molecule has 0 spiro atoms. The number of carbonyl (C=O) groups excluding carboxylic acids is 1. The van der Waals surface area contributed by atoms with Crippen molar-refractivity contribution < 1.29 is 9.21 Å². The van der Waals surface area contributed by atoms with Gasteiger partial charge < -0.3 is 15.1 Å². The van der Waals surface area contributed by atoms with Gasteiger partial charge in [-0.15, -0.1) is 0 Å². The van der Waals surface area contributed by atoms with Crippen molar-refractivity contribution in [2.24, 2.45) is 0 Å². The lowest BCUT2D eigenvalue weighted by atomic mass is 9.90. The quantitative estimate of drug-likeness (QED) is 0.879. The second-order valence-electron chi connectivity index (χ2n) is 5.59. The molecule has 2 N–H and O–H groups in total. The zero-order valence-electron chi connectivity index (χ0n) is 12.0. The lowest BCUT2D eigenvalue weighted by Gasteiger charge is -2.31. The number of aryl methyl sites for hydroxylation is 1. The van der Waals surface area contributed by atoms with Gasteiger partial charge in [0.1, 0.15) is 11.5 Å². The van der Waals surface area contributed by atoms with Crippen LogP contribution in [0.2, 0.25) is 0 Å². The minimum absolute atomic E-state index is 0.0795. The fourth-order valence-electron chi connectivity index (χ4n) is 2.81. The highest BCUT2D eigenvalue weighted by Gasteiger charge is 2.23. The van der Waals surface area contributed by atoms with Crippen molar-refractivity contribution >= 4 is 5.91 Å². The normalized spacial score (nSPS) is 25.0. The molecular weight excluding hydrogens is 240 g/mol. The van der Waals surface area contributed by atoms with Gasteiger partial charge in [-0.3, -0.25) is 4.79 Å². The van der Waals surface area contributed by atoms with Gasteiger partial charge in [0.25, 0.3) is 0 Å². The lowest BCUT2D eigenvalue weighted by molar-refractivity contribution is -0.119. The first-order valence-corrected chi connectivity index (χ1v) is 7.14. The molecule has 1 aliphatic carbocycles. The molecule has 0 bridgehead atoms. The van der Waals surface area contributed by atoms with Crippen LogP contribution in [0.3, 0.4) is 0 Å². The maximum absolute atomic E-state index is 11.0. The van der Waals surface area contributed by atoms with E-state index in [4.69, 9.17) is 4.42 Å². The largest absolute Gasteiger partial charge is 0.465 e. The number of hydrogen-bond acceptors (Lipinski definition) is 3. The van der Waals surface area contributed by atoms with Crippen molar-refractivity contribution in [3.63, 3.8) is 0 Å². The van der Waals surface area contributed by atoms with Crippen LogP contribution in [-0.2, 0) is 4.79 Å². The SMILES string of the molecule is CC(=O)NC1CCC(N[C@H](C)c2ccc(C)o2)CC1.